The summed E-state index contributed by atoms with van der Waals surface area (Å²) in [5, 5.41) is 13.8. The number of nitrogens with zero attached hydrogens (tertiary/aromatic N) is 4. The number of aromatic nitrogens is 2. The van der Waals surface area contributed by atoms with Crippen LogP contribution >= 0.6 is 0 Å². The summed E-state index contributed by atoms with van der Waals surface area (Å²) in [5.74, 6) is 0.190. The van der Waals surface area contributed by atoms with Gasteiger partial charge in [0.05, 0.1) is 18.9 Å². The summed E-state index contributed by atoms with van der Waals surface area (Å²) in [5.41, 5.74) is 4.36. The van der Waals surface area contributed by atoms with E-state index in [1.807, 2.05) is 11.9 Å². The molecule has 0 bridgehead atoms. The number of fused-ring (bicyclic) bond motifs is 1. The average Bonchev–Trinajstić information content (AvgIpc) is 3.37. The number of hydrogen-bond donors (Lipinski definition) is 2. The van der Waals surface area contributed by atoms with Gasteiger partial charge in [-0.1, -0.05) is 36.4 Å². The highest BCUT2D eigenvalue weighted by Gasteiger charge is 2.42. The van der Waals surface area contributed by atoms with Gasteiger partial charge in [0.2, 0.25) is 5.91 Å². The molecular formula is C27H34N4O6. The molecule has 3 aromatic rings. The first-order valence-electron chi connectivity index (χ1n) is 12.1. The van der Waals surface area contributed by atoms with Crippen molar-refractivity contribution in [3.63, 3.8) is 0 Å². The van der Waals surface area contributed by atoms with E-state index in [1.54, 1.807) is 0 Å². The zero-order valence-corrected chi connectivity index (χ0v) is 21.2. The van der Waals surface area contributed by atoms with Gasteiger partial charge in [-0.15, -0.1) is 0 Å². The van der Waals surface area contributed by atoms with Crippen LogP contribution in [0.25, 0.3) is 5.65 Å². The number of piperidine rings is 1. The number of hydrogen-bond acceptors (Lipinski definition) is 6. The quantitative estimate of drug-likeness (QED) is 0.515. The van der Waals surface area contributed by atoms with Crippen LogP contribution in [0.1, 0.15) is 29.7 Å². The Bertz CT molecular complexity index is 1170. The number of carboxylic acid groups (broad SMARTS) is 2. The van der Waals surface area contributed by atoms with Crippen molar-refractivity contribution < 1.29 is 29.3 Å². The first kappa shape index (κ1) is 27.8. The molecule has 4 heterocycles. The van der Waals surface area contributed by atoms with E-state index in [0.29, 0.717) is 13.2 Å². The molecule has 2 N–H and O–H groups in total. The molecule has 2 aliphatic rings. The average molecular weight is 511 g/mol. The minimum absolute atomic E-state index is 0.171. The van der Waals surface area contributed by atoms with Crippen molar-refractivity contribution in [2.45, 2.75) is 31.2 Å². The molecule has 5 rings (SSSR count). The molecule has 0 unspecified atom stereocenters. The van der Waals surface area contributed by atoms with Gasteiger partial charge in [0.1, 0.15) is 11.7 Å². The minimum atomic E-state index is -0.250. The van der Waals surface area contributed by atoms with E-state index in [4.69, 9.17) is 29.5 Å². The lowest BCUT2D eigenvalue weighted by atomic mass is 9.70. The van der Waals surface area contributed by atoms with E-state index in [1.165, 1.54) is 11.1 Å². The van der Waals surface area contributed by atoms with Crippen molar-refractivity contribution in [1.29, 1.82) is 0 Å². The van der Waals surface area contributed by atoms with Crippen LogP contribution in [0.5, 0.6) is 0 Å². The standard InChI is InChI=1S/C25H30N4O2.2CH2O2/c1-19-7-6-12-29-17-22(26-23(19)29)25(20-8-4-3-5-9-20)10-13-28(14-11-25)24(30)21-18-31-16-15-27(21)2;2*2-1-3/h3-9,12,17,21H,10-11,13-16,18H2,1-2H3;2*1H,(H,2,3)/t21-;;/m1../s1. The molecule has 2 saturated heterocycles. The van der Waals surface area contributed by atoms with Crippen LogP contribution in [0.3, 0.4) is 0 Å². The fraction of sp³-hybridized carbons (Fsp3) is 0.407. The molecule has 2 aromatic heterocycles. The second-order valence-corrected chi connectivity index (χ2v) is 9.10. The molecule has 10 heteroatoms. The van der Waals surface area contributed by atoms with Crippen LogP contribution < -0.4 is 0 Å². The van der Waals surface area contributed by atoms with Gasteiger partial charge in [-0.25, -0.2) is 4.98 Å². The van der Waals surface area contributed by atoms with E-state index in [9.17, 15) is 4.79 Å². The molecule has 2 fully saturated rings. The van der Waals surface area contributed by atoms with Gasteiger partial charge in [0.15, 0.2) is 0 Å². The Kier molecular flexibility index (Phi) is 9.76. The number of rotatable bonds is 3. The summed E-state index contributed by atoms with van der Waals surface area (Å²) >= 11 is 0. The van der Waals surface area contributed by atoms with Crippen molar-refractivity contribution in [1.82, 2.24) is 19.2 Å². The Morgan fingerprint density at radius 1 is 1.05 bits per heavy atom. The first-order chi connectivity index (χ1) is 17.9. The third-order valence-corrected chi connectivity index (χ3v) is 7.10. The van der Waals surface area contributed by atoms with E-state index >= 15 is 0 Å². The normalized spacial score (nSPS) is 19.1. The highest BCUT2D eigenvalue weighted by atomic mass is 16.5. The molecule has 0 aliphatic carbocycles. The predicted molar refractivity (Wildman–Crippen MR) is 138 cm³/mol. The molecule has 0 spiro atoms. The number of ether oxygens (including phenoxy) is 1. The number of likely N-dealkylation sites (N-methyl/N-ethyl adjacent to an activating group) is 1. The zero-order valence-electron chi connectivity index (χ0n) is 21.2. The molecule has 198 valence electrons. The Hall–Kier alpha value is -3.76. The van der Waals surface area contributed by atoms with Crippen LogP contribution in [0.4, 0.5) is 0 Å². The van der Waals surface area contributed by atoms with Crippen LogP contribution in [-0.4, -0.2) is 94.2 Å². The van der Waals surface area contributed by atoms with Crippen LogP contribution in [0.2, 0.25) is 0 Å². The van der Waals surface area contributed by atoms with E-state index in [-0.39, 0.29) is 30.3 Å². The van der Waals surface area contributed by atoms with Gasteiger partial charge in [-0.2, -0.15) is 0 Å². The Balaban J connectivity index is 0.000000580. The lowest BCUT2D eigenvalue weighted by molar-refractivity contribution is -0.143. The van der Waals surface area contributed by atoms with E-state index in [2.05, 4.69) is 71.1 Å². The second-order valence-electron chi connectivity index (χ2n) is 9.10. The molecule has 1 aromatic carbocycles. The Labute approximate surface area is 216 Å². The van der Waals surface area contributed by atoms with Gasteiger partial charge < -0.3 is 24.3 Å². The molecule has 1 amide bonds. The maximum atomic E-state index is 13.2. The molecule has 1 atom stereocenters. The summed E-state index contributed by atoms with van der Waals surface area (Å²) in [6.45, 7) is 5.05. The second kappa shape index (κ2) is 13.0. The van der Waals surface area contributed by atoms with Crippen LogP contribution in [0.15, 0.2) is 54.9 Å². The number of imidazole rings is 1. The van der Waals surface area contributed by atoms with Crippen molar-refractivity contribution in [2.24, 2.45) is 0 Å². The van der Waals surface area contributed by atoms with Crippen molar-refractivity contribution in [2.75, 3.05) is 39.9 Å². The van der Waals surface area contributed by atoms with Gasteiger partial charge in [-0.05, 0) is 44.0 Å². The van der Waals surface area contributed by atoms with Crippen LogP contribution in [-0.2, 0) is 24.5 Å². The summed E-state index contributed by atoms with van der Waals surface area (Å²) in [4.78, 5) is 39.2. The molecular weight excluding hydrogens is 476 g/mol. The molecule has 0 saturated carbocycles. The maximum absolute atomic E-state index is 13.2. The first-order valence-corrected chi connectivity index (χ1v) is 12.1. The van der Waals surface area contributed by atoms with Crippen molar-refractivity contribution in [3.8, 4) is 0 Å². The number of likely N-dealkylation sites (tertiary alicyclic amines) is 1. The number of pyridine rings is 1. The number of amides is 1. The monoisotopic (exact) mass is 510 g/mol. The number of benzene rings is 1. The summed E-state index contributed by atoms with van der Waals surface area (Å²) in [7, 11) is 2.02. The molecule has 10 nitrogen and oxygen atoms in total. The molecule has 2 aliphatic heterocycles. The topological polar surface area (TPSA) is 125 Å². The fourth-order valence-corrected chi connectivity index (χ4v) is 5.10. The number of morpholine rings is 1. The van der Waals surface area contributed by atoms with Crippen molar-refractivity contribution >= 4 is 24.5 Å². The lowest BCUT2D eigenvalue weighted by Gasteiger charge is -2.43. The third-order valence-electron chi connectivity index (χ3n) is 7.10. The third kappa shape index (κ3) is 6.15. The van der Waals surface area contributed by atoms with Crippen molar-refractivity contribution in [3.05, 3.63) is 71.7 Å². The smallest absolute Gasteiger partial charge is 0.290 e. The number of carbonyl (C=O) groups is 3. The van der Waals surface area contributed by atoms with Gasteiger partial charge in [0.25, 0.3) is 12.9 Å². The molecule has 0 radical (unpaired) electrons. The number of carbonyl (C=O) groups excluding carboxylic acids is 1. The Morgan fingerprint density at radius 3 is 2.30 bits per heavy atom. The van der Waals surface area contributed by atoms with Gasteiger partial charge in [-0.3, -0.25) is 19.3 Å². The summed E-state index contributed by atoms with van der Waals surface area (Å²) in [6, 6.07) is 14.7. The Morgan fingerprint density at radius 2 is 1.70 bits per heavy atom. The summed E-state index contributed by atoms with van der Waals surface area (Å²) < 4.78 is 7.71. The zero-order chi connectivity index (χ0) is 26.8. The highest BCUT2D eigenvalue weighted by Crippen LogP contribution is 2.41. The van der Waals surface area contributed by atoms with Gasteiger partial charge in [0, 0.05) is 37.4 Å². The van der Waals surface area contributed by atoms with E-state index < -0.39 is 0 Å². The van der Waals surface area contributed by atoms with E-state index in [0.717, 1.165) is 43.8 Å². The maximum Gasteiger partial charge on any atom is 0.290 e. The minimum Gasteiger partial charge on any atom is -0.483 e. The predicted octanol–water partition coefficient (Wildman–Crippen LogP) is 2.28. The fourth-order valence-electron chi connectivity index (χ4n) is 5.10. The summed E-state index contributed by atoms with van der Waals surface area (Å²) in [6.07, 6.45) is 5.97. The van der Waals surface area contributed by atoms with Gasteiger partial charge >= 0.3 is 0 Å². The lowest BCUT2D eigenvalue weighted by Crippen LogP contribution is -2.56. The highest BCUT2D eigenvalue weighted by molar-refractivity contribution is 5.82. The SMILES string of the molecule is Cc1cccn2cc(C3(c4ccccc4)CCN(C(=O)[C@H]4COCCN4C)CC3)nc12.O=CO.O=CO. The van der Waals surface area contributed by atoms with Crippen LogP contribution in [0, 0.1) is 6.92 Å². The number of aryl methyl sites for hydroxylation is 1. The molecule has 37 heavy (non-hydrogen) atoms. The largest absolute Gasteiger partial charge is 0.483 e.